The molecule has 0 unspecified atom stereocenters. The van der Waals surface area contributed by atoms with Crippen molar-refractivity contribution in [1.29, 1.82) is 0 Å². The predicted octanol–water partition coefficient (Wildman–Crippen LogP) is 2.55. The second kappa shape index (κ2) is 6.46. The highest BCUT2D eigenvalue weighted by molar-refractivity contribution is 5.91. The minimum Gasteiger partial charge on any atom is -0.395 e. The first-order chi connectivity index (χ1) is 11.4. The standard InChI is InChI=1S/C16H20N4O4/c1-11-9-12(2)19(17-11)10-13-5-7-18(8-6-13)16(21)14-3-4-15(24-14)20(22)23/h3-4,9,13H,5-8,10H2,1-2H3. The highest BCUT2D eigenvalue weighted by Gasteiger charge is 2.27. The number of rotatable bonds is 4. The molecule has 0 aromatic carbocycles. The van der Waals surface area contributed by atoms with Crippen LogP contribution in [0, 0.1) is 29.9 Å². The number of amides is 1. The van der Waals surface area contributed by atoms with Crippen LogP contribution in [0.1, 0.15) is 34.8 Å². The van der Waals surface area contributed by atoms with Gasteiger partial charge in [0.25, 0.3) is 5.91 Å². The van der Waals surface area contributed by atoms with E-state index in [1.807, 2.05) is 18.5 Å². The molecule has 8 heteroatoms. The van der Waals surface area contributed by atoms with E-state index in [9.17, 15) is 14.9 Å². The van der Waals surface area contributed by atoms with Gasteiger partial charge >= 0.3 is 5.88 Å². The van der Waals surface area contributed by atoms with E-state index in [-0.39, 0.29) is 11.7 Å². The molecule has 128 valence electrons. The van der Waals surface area contributed by atoms with Crippen molar-refractivity contribution in [3.63, 3.8) is 0 Å². The number of aromatic nitrogens is 2. The number of furan rings is 1. The second-order valence-electron chi connectivity index (χ2n) is 6.24. The van der Waals surface area contributed by atoms with Gasteiger partial charge in [0.05, 0.1) is 11.8 Å². The topological polar surface area (TPSA) is 94.4 Å². The van der Waals surface area contributed by atoms with Crippen molar-refractivity contribution in [2.24, 2.45) is 5.92 Å². The smallest absolute Gasteiger partial charge is 0.395 e. The molecule has 0 saturated carbocycles. The Hall–Kier alpha value is -2.64. The van der Waals surface area contributed by atoms with Crippen molar-refractivity contribution < 1.29 is 14.1 Å². The molecule has 1 aliphatic heterocycles. The fourth-order valence-corrected chi connectivity index (χ4v) is 3.12. The normalized spacial score (nSPS) is 15.7. The predicted molar refractivity (Wildman–Crippen MR) is 85.7 cm³/mol. The Morgan fingerprint density at radius 3 is 2.62 bits per heavy atom. The molecule has 0 aliphatic carbocycles. The van der Waals surface area contributed by atoms with Crippen LogP contribution in [0.3, 0.4) is 0 Å². The number of nitro groups is 1. The van der Waals surface area contributed by atoms with E-state index in [1.54, 1.807) is 4.90 Å². The van der Waals surface area contributed by atoms with E-state index < -0.39 is 10.8 Å². The van der Waals surface area contributed by atoms with Crippen LogP contribution in [0.25, 0.3) is 0 Å². The quantitative estimate of drug-likeness (QED) is 0.633. The molecule has 1 aliphatic rings. The van der Waals surface area contributed by atoms with Gasteiger partial charge < -0.3 is 9.32 Å². The third kappa shape index (κ3) is 3.32. The molecular weight excluding hydrogens is 312 g/mol. The molecule has 2 aromatic rings. The van der Waals surface area contributed by atoms with E-state index >= 15 is 0 Å². The van der Waals surface area contributed by atoms with Crippen molar-refractivity contribution in [3.8, 4) is 0 Å². The summed E-state index contributed by atoms with van der Waals surface area (Å²) in [6, 6.07) is 4.63. The van der Waals surface area contributed by atoms with E-state index in [1.165, 1.54) is 12.1 Å². The molecular formula is C16H20N4O4. The zero-order chi connectivity index (χ0) is 17.3. The van der Waals surface area contributed by atoms with Crippen LogP contribution in [0.15, 0.2) is 22.6 Å². The maximum Gasteiger partial charge on any atom is 0.433 e. The van der Waals surface area contributed by atoms with Crippen molar-refractivity contribution in [3.05, 3.63) is 45.5 Å². The Morgan fingerprint density at radius 2 is 2.08 bits per heavy atom. The summed E-state index contributed by atoms with van der Waals surface area (Å²) in [5.41, 5.74) is 2.16. The number of carbonyl (C=O) groups excluding carboxylic acids is 1. The fourth-order valence-electron chi connectivity index (χ4n) is 3.12. The summed E-state index contributed by atoms with van der Waals surface area (Å²) in [5.74, 6) is -0.192. The fraction of sp³-hybridized carbons (Fsp3) is 0.500. The third-order valence-corrected chi connectivity index (χ3v) is 4.42. The molecule has 0 atom stereocenters. The van der Waals surface area contributed by atoms with E-state index in [0.717, 1.165) is 30.8 Å². The van der Waals surface area contributed by atoms with Crippen molar-refractivity contribution >= 4 is 11.8 Å². The summed E-state index contributed by atoms with van der Waals surface area (Å²) in [4.78, 5) is 24.0. The van der Waals surface area contributed by atoms with Gasteiger partial charge in [-0.1, -0.05) is 0 Å². The van der Waals surface area contributed by atoms with Gasteiger partial charge in [-0.25, -0.2) is 0 Å². The van der Waals surface area contributed by atoms with E-state index in [0.29, 0.717) is 19.0 Å². The molecule has 0 radical (unpaired) electrons. The Labute approximate surface area is 139 Å². The molecule has 3 rings (SSSR count). The van der Waals surface area contributed by atoms with Gasteiger partial charge in [-0.05, 0) is 44.7 Å². The van der Waals surface area contributed by atoms with Crippen LogP contribution in [0.5, 0.6) is 0 Å². The van der Waals surface area contributed by atoms with Crippen molar-refractivity contribution in [2.75, 3.05) is 13.1 Å². The lowest BCUT2D eigenvalue weighted by molar-refractivity contribution is -0.402. The number of nitrogens with zero attached hydrogens (tertiary/aromatic N) is 4. The molecule has 2 aromatic heterocycles. The maximum absolute atomic E-state index is 12.4. The van der Waals surface area contributed by atoms with Crippen molar-refractivity contribution in [1.82, 2.24) is 14.7 Å². The van der Waals surface area contributed by atoms with E-state index in [2.05, 4.69) is 11.2 Å². The van der Waals surface area contributed by atoms with Crippen LogP contribution in [0.4, 0.5) is 5.88 Å². The highest BCUT2D eigenvalue weighted by Crippen LogP contribution is 2.23. The molecule has 0 N–H and O–H groups in total. The summed E-state index contributed by atoms with van der Waals surface area (Å²) < 4.78 is 7.02. The Bertz CT molecular complexity index is 756. The Balaban J connectivity index is 1.57. The third-order valence-electron chi connectivity index (χ3n) is 4.42. The lowest BCUT2D eigenvalue weighted by atomic mass is 9.96. The molecule has 8 nitrogen and oxygen atoms in total. The summed E-state index contributed by atoms with van der Waals surface area (Å²) in [6.07, 6.45) is 1.76. The first kappa shape index (κ1) is 16.2. The number of hydrogen-bond acceptors (Lipinski definition) is 5. The molecule has 0 bridgehead atoms. The molecule has 24 heavy (non-hydrogen) atoms. The van der Waals surface area contributed by atoms with E-state index in [4.69, 9.17) is 4.42 Å². The minimum absolute atomic E-state index is 0.0266. The zero-order valence-corrected chi connectivity index (χ0v) is 13.8. The SMILES string of the molecule is Cc1cc(C)n(CC2CCN(C(=O)c3ccc([N+](=O)[O-])o3)CC2)n1. The first-order valence-corrected chi connectivity index (χ1v) is 7.98. The lowest BCUT2D eigenvalue weighted by Crippen LogP contribution is -2.39. The maximum atomic E-state index is 12.4. The van der Waals surface area contributed by atoms with Gasteiger partial charge in [-0.2, -0.15) is 5.10 Å². The second-order valence-corrected chi connectivity index (χ2v) is 6.24. The number of aryl methyl sites for hydroxylation is 2. The van der Waals surface area contributed by atoms with Crippen LogP contribution < -0.4 is 0 Å². The molecule has 1 fully saturated rings. The average Bonchev–Trinajstić information content (AvgIpc) is 3.15. The van der Waals surface area contributed by atoms with Gasteiger partial charge in [0.15, 0.2) is 5.76 Å². The average molecular weight is 332 g/mol. The van der Waals surface area contributed by atoms with Crippen LogP contribution in [-0.4, -0.2) is 38.6 Å². The van der Waals surface area contributed by atoms with Crippen LogP contribution in [0.2, 0.25) is 0 Å². The van der Waals surface area contributed by atoms with Gasteiger partial charge in [0, 0.05) is 25.3 Å². The van der Waals surface area contributed by atoms with Gasteiger partial charge in [-0.15, -0.1) is 0 Å². The summed E-state index contributed by atoms with van der Waals surface area (Å²) >= 11 is 0. The lowest BCUT2D eigenvalue weighted by Gasteiger charge is -2.31. The summed E-state index contributed by atoms with van der Waals surface area (Å²) in [5, 5.41) is 15.1. The zero-order valence-electron chi connectivity index (χ0n) is 13.8. The molecule has 1 saturated heterocycles. The van der Waals surface area contributed by atoms with Gasteiger partial charge in [0.2, 0.25) is 0 Å². The monoisotopic (exact) mass is 332 g/mol. The van der Waals surface area contributed by atoms with Crippen LogP contribution in [-0.2, 0) is 6.54 Å². The molecule has 0 spiro atoms. The molecule has 1 amide bonds. The summed E-state index contributed by atoms with van der Waals surface area (Å²) in [6.45, 7) is 6.12. The molecule has 3 heterocycles. The number of piperidine rings is 1. The van der Waals surface area contributed by atoms with Gasteiger partial charge in [-0.3, -0.25) is 19.6 Å². The minimum atomic E-state index is -0.641. The van der Waals surface area contributed by atoms with Crippen LogP contribution >= 0.6 is 0 Å². The highest BCUT2D eigenvalue weighted by atomic mass is 16.6. The summed E-state index contributed by atoms with van der Waals surface area (Å²) in [7, 11) is 0. The Morgan fingerprint density at radius 1 is 1.38 bits per heavy atom. The Kier molecular flexibility index (Phi) is 4.37. The largest absolute Gasteiger partial charge is 0.433 e. The number of carbonyl (C=O) groups is 1. The van der Waals surface area contributed by atoms with Gasteiger partial charge in [0.1, 0.15) is 4.92 Å². The first-order valence-electron chi connectivity index (χ1n) is 7.98. The number of likely N-dealkylation sites (tertiary alicyclic amines) is 1. The van der Waals surface area contributed by atoms with Crippen molar-refractivity contribution in [2.45, 2.75) is 33.2 Å². The number of hydrogen-bond donors (Lipinski definition) is 0.